The minimum atomic E-state index is -0.0565. The Labute approximate surface area is 176 Å². The maximum atomic E-state index is 12.2. The van der Waals surface area contributed by atoms with Crippen LogP contribution in [0.15, 0.2) is 30.3 Å². The van der Waals surface area contributed by atoms with Crippen LogP contribution in [0.25, 0.3) is 0 Å². The molecule has 2 aromatic rings. The molecule has 0 saturated carbocycles. The van der Waals surface area contributed by atoms with Gasteiger partial charge in [0.15, 0.2) is 5.78 Å². The fourth-order valence-corrected chi connectivity index (χ4v) is 3.05. The van der Waals surface area contributed by atoms with Crippen molar-refractivity contribution < 1.29 is 19.4 Å². The second kappa shape index (κ2) is 10.6. The number of Topliss-reactive ketones (excluding diaryl/α,β-unsaturated/α-hetero) is 1. The van der Waals surface area contributed by atoms with E-state index in [-0.39, 0.29) is 17.5 Å². The van der Waals surface area contributed by atoms with E-state index >= 15 is 0 Å². The number of phenols is 1. The maximum absolute atomic E-state index is 12.2. The summed E-state index contributed by atoms with van der Waals surface area (Å²) in [5, 5.41) is 11.2. The average Bonchev–Trinajstić information content (AvgIpc) is 2.64. The zero-order valence-electron chi connectivity index (χ0n) is 16.4. The summed E-state index contributed by atoms with van der Waals surface area (Å²) in [7, 11) is 0. The first-order valence-corrected chi connectivity index (χ1v) is 10.1. The highest BCUT2D eigenvalue weighted by atomic mass is 35.5. The Kier molecular flexibility index (Phi) is 8.46. The average molecular weight is 425 g/mol. The zero-order chi connectivity index (χ0) is 20.7. The number of hydrogen-bond donors (Lipinski definition) is 1. The van der Waals surface area contributed by atoms with Crippen LogP contribution in [0.5, 0.6) is 17.2 Å². The Morgan fingerprint density at radius 3 is 2.32 bits per heavy atom. The normalized spacial score (nSPS) is 10.9. The van der Waals surface area contributed by atoms with E-state index in [2.05, 4.69) is 0 Å². The third-order valence-electron chi connectivity index (χ3n) is 4.25. The number of rotatable bonds is 10. The zero-order valence-corrected chi connectivity index (χ0v) is 17.9. The fourth-order valence-electron chi connectivity index (χ4n) is 2.71. The SMILES string of the molecule is Cc1c(OCCCCOc2cccc(Cl)c2Cl)ccc(C(=O)CC(C)C)c1O. The number of benzene rings is 2. The smallest absolute Gasteiger partial charge is 0.166 e. The van der Waals surface area contributed by atoms with Crippen molar-refractivity contribution in [1.29, 1.82) is 0 Å². The van der Waals surface area contributed by atoms with Gasteiger partial charge in [-0.2, -0.15) is 0 Å². The molecule has 2 rings (SSSR count). The summed E-state index contributed by atoms with van der Waals surface area (Å²) >= 11 is 12.0. The van der Waals surface area contributed by atoms with Crippen molar-refractivity contribution >= 4 is 29.0 Å². The van der Waals surface area contributed by atoms with E-state index in [4.69, 9.17) is 32.7 Å². The van der Waals surface area contributed by atoms with Crippen LogP contribution < -0.4 is 9.47 Å². The lowest BCUT2D eigenvalue weighted by Crippen LogP contribution is -2.06. The number of halogens is 2. The minimum Gasteiger partial charge on any atom is -0.507 e. The highest BCUT2D eigenvalue weighted by Crippen LogP contribution is 2.33. The van der Waals surface area contributed by atoms with Crippen molar-refractivity contribution in [2.24, 2.45) is 5.92 Å². The Hall–Kier alpha value is -1.91. The Bertz CT molecular complexity index is 818. The number of ketones is 1. The predicted molar refractivity (Wildman–Crippen MR) is 113 cm³/mol. The molecule has 2 aromatic carbocycles. The van der Waals surface area contributed by atoms with Gasteiger partial charge in [-0.1, -0.05) is 43.1 Å². The van der Waals surface area contributed by atoms with Gasteiger partial charge < -0.3 is 14.6 Å². The topological polar surface area (TPSA) is 55.8 Å². The fraction of sp³-hybridized carbons (Fsp3) is 0.409. The van der Waals surface area contributed by atoms with Gasteiger partial charge in [0.1, 0.15) is 22.3 Å². The molecule has 6 heteroatoms. The second-order valence-electron chi connectivity index (χ2n) is 7.06. The molecule has 28 heavy (non-hydrogen) atoms. The van der Waals surface area contributed by atoms with Crippen molar-refractivity contribution in [2.45, 2.75) is 40.0 Å². The summed E-state index contributed by atoms with van der Waals surface area (Å²) in [4.78, 5) is 12.2. The Morgan fingerprint density at radius 2 is 1.68 bits per heavy atom. The first-order chi connectivity index (χ1) is 13.3. The summed E-state index contributed by atoms with van der Waals surface area (Å²) in [6, 6.07) is 8.65. The van der Waals surface area contributed by atoms with Crippen LogP contribution in [0.4, 0.5) is 0 Å². The highest BCUT2D eigenvalue weighted by Gasteiger charge is 2.17. The molecule has 0 amide bonds. The molecule has 0 aliphatic heterocycles. The molecular formula is C22H26Cl2O4. The number of carbonyl (C=O) groups excluding carboxylic acids is 1. The van der Waals surface area contributed by atoms with Gasteiger partial charge in [0.2, 0.25) is 0 Å². The molecule has 0 aromatic heterocycles. The molecule has 0 bridgehead atoms. The lowest BCUT2D eigenvalue weighted by atomic mass is 9.98. The van der Waals surface area contributed by atoms with Crippen molar-refractivity contribution in [1.82, 2.24) is 0 Å². The lowest BCUT2D eigenvalue weighted by molar-refractivity contribution is 0.0965. The summed E-state index contributed by atoms with van der Waals surface area (Å²) in [6.45, 7) is 6.68. The third-order valence-corrected chi connectivity index (χ3v) is 5.05. The molecule has 0 unspecified atom stereocenters. The molecule has 0 aliphatic rings. The Morgan fingerprint density at radius 1 is 1.04 bits per heavy atom. The van der Waals surface area contributed by atoms with Gasteiger partial charge in [-0.3, -0.25) is 4.79 Å². The maximum Gasteiger partial charge on any atom is 0.166 e. The van der Waals surface area contributed by atoms with Crippen LogP contribution in [0.2, 0.25) is 10.0 Å². The van der Waals surface area contributed by atoms with E-state index in [9.17, 15) is 9.90 Å². The number of ether oxygens (including phenoxy) is 2. The number of carbonyl (C=O) groups is 1. The molecule has 1 N–H and O–H groups in total. The summed E-state index contributed by atoms with van der Waals surface area (Å²) in [5.74, 6) is 1.34. The van der Waals surface area contributed by atoms with E-state index in [0.717, 1.165) is 12.8 Å². The van der Waals surface area contributed by atoms with Crippen molar-refractivity contribution in [2.75, 3.05) is 13.2 Å². The van der Waals surface area contributed by atoms with Crippen molar-refractivity contribution in [3.8, 4) is 17.2 Å². The molecule has 4 nitrogen and oxygen atoms in total. The molecule has 0 heterocycles. The van der Waals surface area contributed by atoms with Gasteiger partial charge in [0.25, 0.3) is 0 Å². The summed E-state index contributed by atoms with van der Waals surface area (Å²) in [6.07, 6.45) is 1.95. The molecule has 0 saturated heterocycles. The minimum absolute atomic E-state index is 0.00193. The predicted octanol–water partition coefficient (Wildman–Crippen LogP) is 6.47. The van der Waals surface area contributed by atoms with Crippen LogP contribution in [0.3, 0.4) is 0 Å². The van der Waals surface area contributed by atoms with E-state index in [1.807, 2.05) is 13.8 Å². The molecule has 0 atom stereocenters. The Balaban J connectivity index is 1.81. The van der Waals surface area contributed by atoms with Crippen LogP contribution >= 0.6 is 23.2 Å². The van der Waals surface area contributed by atoms with Gasteiger partial charge >= 0.3 is 0 Å². The van der Waals surface area contributed by atoms with Gasteiger partial charge in [-0.05, 0) is 49.9 Å². The van der Waals surface area contributed by atoms with Gasteiger partial charge in [-0.25, -0.2) is 0 Å². The molecular weight excluding hydrogens is 399 g/mol. The highest BCUT2D eigenvalue weighted by molar-refractivity contribution is 6.42. The number of hydrogen-bond acceptors (Lipinski definition) is 4. The summed E-state index contributed by atoms with van der Waals surface area (Å²) < 4.78 is 11.4. The number of phenolic OH excluding ortho intramolecular Hbond substituents is 1. The van der Waals surface area contributed by atoms with Crippen LogP contribution in [-0.4, -0.2) is 24.1 Å². The standard InChI is InChI=1S/C22H26Cl2O4/c1-14(2)13-18(25)16-9-10-19(15(3)22(16)26)27-11-4-5-12-28-20-8-6-7-17(23)21(20)24/h6-10,14,26H,4-5,11-13H2,1-3H3. The quantitative estimate of drug-likeness (QED) is 0.350. The largest absolute Gasteiger partial charge is 0.507 e. The molecule has 0 aliphatic carbocycles. The van der Waals surface area contributed by atoms with Crippen molar-refractivity contribution in [3.05, 3.63) is 51.5 Å². The summed E-state index contributed by atoms with van der Waals surface area (Å²) in [5.41, 5.74) is 0.932. The van der Waals surface area contributed by atoms with Crippen LogP contribution in [-0.2, 0) is 0 Å². The van der Waals surface area contributed by atoms with E-state index in [1.54, 1.807) is 37.3 Å². The second-order valence-corrected chi connectivity index (χ2v) is 7.85. The molecule has 0 fully saturated rings. The van der Waals surface area contributed by atoms with Gasteiger partial charge in [0.05, 0.1) is 23.8 Å². The van der Waals surface area contributed by atoms with E-state index in [1.165, 1.54) is 0 Å². The van der Waals surface area contributed by atoms with E-state index in [0.29, 0.717) is 52.3 Å². The van der Waals surface area contributed by atoms with Crippen LogP contribution in [0.1, 0.15) is 49.0 Å². The number of unbranched alkanes of at least 4 members (excludes halogenated alkanes) is 1. The first kappa shape index (κ1) is 22.4. The monoisotopic (exact) mass is 424 g/mol. The molecule has 0 spiro atoms. The van der Waals surface area contributed by atoms with Gasteiger partial charge in [0, 0.05) is 12.0 Å². The van der Waals surface area contributed by atoms with Crippen LogP contribution in [0, 0.1) is 12.8 Å². The first-order valence-electron chi connectivity index (χ1n) is 9.36. The van der Waals surface area contributed by atoms with Crippen molar-refractivity contribution in [3.63, 3.8) is 0 Å². The van der Waals surface area contributed by atoms with Gasteiger partial charge in [-0.15, -0.1) is 0 Å². The molecule has 0 radical (unpaired) electrons. The van der Waals surface area contributed by atoms with E-state index < -0.39 is 0 Å². The molecule has 152 valence electrons. The number of aromatic hydroxyl groups is 1. The third kappa shape index (κ3) is 6.05. The lowest BCUT2D eigenvalue weighted by Gasteiger charge is -2.14.